The monoisotopic (exact) mass is 555 g/mol. The van der Waals surface area contributed by atoms with Crippen LogP contribution in [0.25, 0.3) is 0 Å². The van der Waals surface area contributed by atoms with Crippen molar-refractivity contribution in [2.75, 3.05) is 11.6 Å². The first-order chi connectivity index (χ1) is 14.4. The summed E-state index contributed by atoms with van der Waals surface area (Å²) in [6.45, 7) is 6.93. The molecular weight excluding hydrogens is 535 g/mol. The van der Waals surface area contributed by atoms with Gasteiger partial charge in [-0.1, -0.05) is 20.8 Å². The number of hydrogen-bond acceptors (Lipinski definition) is 5. The summed E-state index contributed by atoms with van der Waals surface area (Å²) in [7, 11) is -5.56. The molecule has 1 amide bonds. The van der Waals surface area contributed by atoms with E-state index in [9.17, 15) is 36.0 Å². The van der Waals surface area contributed by atoms with Crippen molar-refractivity contribution < 1.29 is 36.0 Å². The van der Waals surface area contributed by atoms with Crippen molar-refractivity contribution in [1.29, 1.82) is 0 Å². The van der Waals surface area contributed by atoms with E-state index < -0.39 is 42.7 Å². The van der Waals surface area contributed by atoms with E-state index in [0.29, 0.717) is 16.5 Å². The van der Waals surface area contributed by atoms with E-state index in [4.69, 9.17) is 0 Å². The largest absolute Gasteiger partial charge is 0.612 e. The summed E-state index contributed by atoms with van der Waals surface area (Å²) < 4.78 is 73.6. The number of aromatic hydroxyl groups is 1. The van der Waals surface area contributed by atoms with Crippen LogP contribution in [0.15, 0.2) is 38.5 Å². The zero-order chi connectivity index (χ0) is 24.8. The fraction of sp³-hybridized carbons (Fsp3) is 0.350. The molecular formula is C20H21BrF3NO5S2. The Labute approximate surface area is 195 Å². The summed E-state index contributed by atoms with van der Waals surface area (Å²) in [5.41, 5.74) is -5.54. The highest BCUT2D eigenvalue weighted by atomic mass is 79.9. The number of alkyl halides is 3. The Morgan fingerprint density at radius 2 is 1.75 bits per heavy atom. The Hall–Kier alpha value is -1.76. The van der Waals surface area contributed by atoms with E-state index in [2.05, 4.69) is 21.2 Å². The van der Waals surface area contributed by atoms with Crippen molar-refractivity contribution in [2.24, 2.45) is 0 Å². The van der Waals surface area contributed by atoms with E-state index in [1.54, 1.807) is 26.8 Å². The van der Waals surface area contributed by atoms with E-state index in [1.807, 2.05) is 0 Å². The van der Waals surface area contributed by atoms with Crippen LogP contribution < -0.4 is 5.32 Å². The van der Waals surface area contributed by atoms with Gasteiger partial charge < -0.3 is 15.0 Å². The van der Waals surface area contributed by atoms with Crippen LogP contribution in [0.4, 0.5) is 18.9 Å². The molecule has 2 aromatic carbocycles. The van der Waals surface area contributed by atoms with Crippen LogP contribution in [0.5, 0.6) is 5.75 Å². The maximum absolute atomic E-state index is 13.0. The number of halogens is 4. The maximum Gasteiger partial charge on any atom is 0.501 e. The first kappa shape index (κ1) is 26.5. The van der Waals surface area contributed by atoms with E-state index in [1.165, 1.54) is 13.2 Å². The lowest BCUT2D eigenvalue weighted by molar-refractivity contribution is -0.0436. The van der Waals surface area contributed by atoms with Gasteiger partial charge >= 0.3 is 5.51 Å². The highest BCUT2D eigenvalue weighted by Crippen LogP contribution is 2.39. The average Bonchev–Trinajstić information content (AvgIpc) is 2.61. The highest BCUT2D eigenvalue weighted by molar-refractivity contribution is 9.10. The minimum Gasteiger partial charge on any atom is -0.612 e. The molecule has 0 aliphatic heterocycles. The number of benzene rings is 2. The molecule has 2 N–H and O–H groups in total. The van der Waals surface area contributed by atoms with Gasteiger partial charge in [0.2, 0.25) is 0 Å². The summed E-state index contributed by atoms with van der Waals surface area (Å²) in [6.07, 6.45) is 1.43. The quantitative estimate of drug-likeness (QED) is 0.514. The van der Waals surface area contributed by atoms with Gasteiger partial charge in [0.1, 0.15) is 12.0 Å². The Bertz CT molecular complexity index is 1170. The topological polar surface area (TPSA) is 107 Å². The van der Waals surface area contributed by atoms with Crippen molar-refractivity contribution in [3.63, 3.8) is 0 Å². The molecule has 0 aliphatic rings. The smallest absolute Gasteiger partial charge is 0.501 e. The molecule has 176 valence electrons. The van der Waals surface area contributed by atoms with Crippen LogP contribution in [0, 0.1) is 6.92 Å². The highest BCUT2D eigenvalue weighted by Gasteiger charge is 2.47. The molecule has 0 heterocycles. The van der Waals surface area contributed by atoms with Crippen molar-refractivity contribution in [1.82, 2.24) is 0 Å². The minimum absolute atomic E-state index is 0.0183. The van der Waals surface area contributed by atoms with Gasteiger partial charge in [-0.3, -0.25) is 4.79 Å². The molecule has 2 rings (SSSR count). The minimum atomic E-state index is -5.56. The van der Waals surface area contributed by atoms with Crippen LogP contribution in [0.3, 0.4) is 0 Å². The standard InChI is InChI=1S/C20H21BrF3NO5S2/c1-10-15(31(5)28)9-12(19(2,3)4)17(26)16(10)18(27)25-14-7-6-11(8-13(14)21)32(29,30)20(22,23)24/h6-9,26H,1-5H3,(H,25,27). The molecule has 12 heteroatoms. The molecule has 0 aliphatic carbocycles. The number of hydrogen-bond donors (Lipinski definition) is 2. The lowest BCUT2D eigenvalue weighted by atomic mass is 9.84. The molecule has 1 unspecified atom stereocenters. The van der Waals surface area contributed by atoms with Crippen molar-refractivity contribution >= 4 is 48.5 Å². The van der Waals surface area contributed by atoms with Gasteiger partial charge in [-0.15, -0.1) is 0 Å². The molecule has 32 heavy (non-hydrogen) atoms. The molecule has 0 fully saturated rings. The first-order valence-corrected chi connectivity index (χ1v) is 12.9. The van der Waals surface area contributed by atoms with Crippen LogP contribution >= 0.6 is 15.9 Å². The number of amides is 1. The molecule has 6 nitrogen and oxygen atoms in total. The lowest BCUT2D eigenvalue weighted by Gasteiger charge is -2.24. The first-order valence-electron chi connectivity index (χ1n) is 9.02. The zero-order valence-corrected chi connectivity index (χ0v) is 20.9. The fourth-order valence-corrected chi connectivity index (χ4v) is 5.21. The van der Waals surface area contributed by atoms with E-state index in [0.717, 1.165) is 12.1 Å². The van der Waals surface area contributed by atoms with E-state index >= 15 is 0 Å². The Morgan fingerprint density at radius 1 is 1.19 bits per heavy atom. The summed E-state index contributed by atoms with van der Waals surface area (Å²) in [5, 5.41) is 13.2. The zero-order valence-electron chi connectivity index (χ0n) is 17.7. The Morgan fingerprint density at radius 3 is 2.19 bits per heavy atom. The number of carbonyl (C=O) groups is 1. The van der Waals surface area contributed by atoms with Gasteiger partial charge in [-0.05, 0) is 57.6 Å². The van der Waals surface area contributed by atoms with Gasteiger partial charge in [0.15, 0.2) is 4.90 Å². The van der Waals surface area contributed by atoms with Gasteiger partial charge in [-0.2, -0.15) is 13.2 Å². The second kappa shape index (κ2) is 8.88. The number of anilines is 1. The van der Waals surface area contributed by atoms with Gasteiger partial charge in [0, 0.05) is 21.7 Å². The third-order valence-corrected chi connectivity index (χ3v) is 7.84. The number of sulfone groups is 1. The molecule has 0 spiro atoms. The van der Waals surface area contributed by atoms with Crippen LogP contribution in [-0.2, 0) is 26.4 Å². The predicted octanol–water partition coefficient (Wildman–Crippen LogP) is 5.04. The van der Waals surface area contributed by atoms with Crippen molar-refractivity contribution in [3.8, 4) is 5.75 Å². The normalized spacial score (nSPS) is 13.7. The van der Waals surface area contributed by atoms with Crippen molar-refractivity contribution in [3.05, 3.63) is 45.4 Å². The number of carbonyl (C=O) groups excluding carboxylic acids is 1. The molecule has 0 radical (unpaired) electrons. The van der Waals surface area contributed by atoms with Gasteiger partial charge in [0.05, 0.1) is 16.1 Å². The number of phenols is 1. The second-order valence-electron chi connectivity index (χ2n) is 8.02. The average molecular weight is 556 g/mol. The van der Waals surface area contributed by atoms with Gasteiger partial charge in [-0.25, -0.2) is 8.42 Å². The molecule has 2 aromatic rings. The molecule has 1 atom stereocenters. The Kier molecular flexibility index (Phi) is 7.35. The summed E-state index contributed by atoms with van der Waals surface area (Å²) in [5.74, 6) is -1.11. The number of nitrogens with one attached hydrogen (secondary N) is 1. The van der Waals surface area contributed by atoms with Crippen LogP contribution in [-0.4, -0.2) is 35.7 Å². The van der Waals surface area contributed by atoms with Gasteiger partial charge in [0.25, 0.3) is 15.7 Å². The Balaban J connectivity index is 2.55. The third-order valence-electron chi connectivity index (χ3n) is 4.66. The van der Waals surface area contributed by atoms with E-state index in [-0.39, 0.29) is 27.0 Å². The predicted molar refractivity (Wildman–Crippen MR) is 119 cm³/mol. The summed E-state index contributed by atoms with van der Waals surface area (Å²) in [4.78, 5) is 12.4. The number of rotatable bonds is 4. The lowest BCUT2D eigenvalue weighted by Crippen LogP contribution is -2.23. The summed E-state index contributed by atoms with van der Waals surface area (Å²) >= 11 is 1.50. The second-order valence-corrected chi connectivity index (χ2v) is 12.2. The molecule has 0 saturated carbocycles. The fourth-order valence-electron chi connectivity index (χ4n) is 2.97. The van der Waals surface area contributed by atoms with Crippen molar-refractivity contribution in [2.45, 2.75) is 48.4 Å². The van der Waals surface area contributed by atoms with Crippen LogP contribution in [0.1, 0.15) is 42.3 Å². The maximum atomic E-state index is 13.0. The number of phenolic OH excluding ortho intramolecular Hbond substituents is 1. The molecule has 0 bridgehead atoms. The molecule has 0 saturated heterocycles. The molecule has 0 aromatic heterocycles. The van der Waals surface area contributed by atoms with Crippen LogP contribution in [0.2, 0.25) is 0 Å². The SMILES string of the molecule is Cc1c([S+](C)[O-])cc(C(C)(C)C)c(O)c1C(=O)Nc1ccc(S(=O)(=O)C(F)(F)F)cc1Br. The third kappa shape index (κ3) is 5.08. The summed E-state index contributed by atoms with van der Waals surface area (Å²) in [6, 6.07) is 4.01.